The molecule has 3 amide bonds. The number of alkyl carbamates (subject to hydrolysis) is 1. The monoisotopic (exact) mass is 536 g/mol. The van der Waals surface area contributed by atoms with Gasteiger partial charge in [-0.25, -0.2) is 9.18 Å². The summed E-state index contributed by atoms with van der Waals surface area (Å²) in [5, 5.41) is 2.63. The maximum atomic E-state index is 13.0. The van der Waals surface area contributed by atoms with Gasteiger partial charge in [0.05, 0.1) is 13.2 Å². The number of ether oxygens (including phenoxy) is 3. The Hall–Kier alpha value is -3.80. The zero-order valence-corrected chi connectivity index (χ0v) is 22.1. The molecule has 1 aromatic carbocycles. The minimum Gasteiger partial charge on any atom is -0.494 e. The number of halogens is 2. The Morgan fingerprint density at radius 2 is 1.92 bits per heavy atom. The van der Waals surface area contributed by atoms with Gasteiger partial charge in [0.2, 0.25) is 5.82 Å². The second-order valence-corrected chi connectivity index (χ2v) is 9.45. The zero-order valence-electron chi connectivity index (χ0n) is 22.1. The van der Waals surface area contributed by atoms with Gasteiger partial charge in [0.1, 0.15) is 17.4 Å². The number of methoxy groups -OCH3 is 1. The lowest BCUT2D eigenvalue weighted by Gasteiger charge is -2.26. The van der Waals surface area contributed by atoms with Crippen LogP contribution in [0.4, 0.5) is 19.3 Å². The minimum atomic E-state index is -0.940. The third-order valence-corrected chi connectivity index (χ3v) is 5.22. The van der Waals surface area contributed by atoms with Crippen molar-refractivity contribution in [1.29, 1.82) is 0 Å². The number of nitrogens with one attached hydrogen (secondary N) is 1. The Kier molecular flexibility index (Phi) is 10.9. The number of hydrogen-bond donors (Lipinski definition) is 2. The summed E-state index contributed by atoms with van der Waals surface area (Å²) in [4.78, 5) is 41.7. The van der Waals surface area contributed by atoms with Crippen LogP contribution in [0.3, 0.4) is 0 Å². The Morgan fingerprint density at radius 3 is 2.47 bits per heavy atom. The van der Waals surface area contributed by atoms with Crippen molar-refractivity contribution >= 4 is 23.6 Å². The van der Waals surface area contributed by atoms with E-state index in [9.17, 15) is 23.2 Å². The van der Waals surface area contributed by atoms with Crippen LogP contribution >= 0.6 is 0 Å². The van der Waals surface area contributed by atoms with Crippen LogP contribution in [0.25, 0.3) is 0 Å². The van der Waals surface area contributed by atoms with Crippen molar-refractivity contribution in [2.75, 3.05) is 25.1 Å². The van der Waals surface area contributed by atoms with Crippen molar-refractivity contribution in [1.82, 2.24) is 10.3 Å². The third kappa shape index (κ3) is 9.25. The van der Waals surface area contributed by atoms with Crippen LogP contribution in [0.15, 0.2) is 36.5 Å². The minimum absolute atomic E-state index is 0.00862. The molecule has 3 rings (SSSR count). The average molecular weight is 537 g/mol. The second-order valence-electron chi connectivity index (χ2n) is 9.45. The Balaban J connectivity index is 0.000000423. The fourth-order valence-corrected chi connectivity index (χ4v) is 3.47. The molecule has 10 nitrogen and oxygen atoms in total. The average Bonchev–Trinajstić information content (AvgIpc) is 3.29. The van der Waals surface area contributed by atoms with Gasteiger partial charge in [-0.15, -0.1) is 0 Å². The molecule has 3 N–H and O–H groups in total. The highest BCUT2D eigenvalue weighted by atomic mass is 19.2. The maximum Gasteiger partial charge on any atom is 0.407 e. The van der Waals surface area contributed by atoms with E-state index in [2.05, 4.69) is 15.0 Å². The van der Waals surface area contributed by atoms with Gasteiger partial charge < -0.3 is 30.2 Å². The molecule has 0 radical (unpaired) electrons. The first-order valence-electron chi connectivity index (χ1n) is 12.0. The van der Waals surface area contributed by atoms with Gasteiger partial charge in [0, 0.05) is 25.0 Å². The Morgan fingerprint density at radius 1 is 1.21 bits per heavy atom. The van der Waals surface area contributed by atoms with E-state index >= 15 is 0 Å². The molecule has 2 atom stereocenters. The van der Waals surface area contributed by atoms with Crippen LogP contribution in [-0.2, 0) is 14.3 Å². The number of amides is 3. The quantitative estimate of drug-likeness (QED) is 0.553. The number of benzene rings is 1. The molecule has 1 fully saturated rings. The van der Waals surface area contributed by atoms with Crippen LogP contribution in [0.5, 0.6) is 5.75 Å². The van der Waals surface area contributed by atoms with Gasteiger partial charge in [-0.3, -0.25) is 14.6 Å². The summed E-state index contributed by atoms with van der Waals surface area (Å²) in [5.74, 6) is -2.83. The fraction of sp³-hybridized carbons (Fsp3) is 0.462. The summed E-state index contributed by atoms with van der Waals surface area (Å²) >= 11 is 0. The summed E-state index contributed by atoms with van der Waals surface area (Å²) in [6.07, 6.45) is 1.69. The predicted molar refractivity (Wildman–Crippen MR) is 136 cm³/mol. The van der Waals surface area contributed by atoms with Gasteiger partial charge >= 0.3 is 6.09 Å². The lowest BCUT2D eigenvalue weighted by atomic mass is 10.1. The largest absolute Gasteiger partial charge is 0.494 e. The molecule has 0 saturated carbocycles. The smallest absolute Gasteiger partial charge is 0.407 e. The number of carbonyl (C=O) groups is 3. The summed E-state index contributed by atoms with van der Waals surface area (Å²) in [6.45, 7) is 7.56. The van der Waals surface area contributed by atoms with E-state index in [-0.39, 0.29) is 36.5 Å². The molecule has 208 valence electrons. The number of nitrogens with two attached hydrogens (primary N) is 1. The predicted octanol–water partition coefficient (Wildman–Crippen LogP) is 3.58. The number of nitrogens with zero attached hydrogens (tertiary/aromatic N) is 2. The summed E-state index contributed by atoms with van der Waals surface area (Å²) < 4.78 is 40.2. The highest BCUT2D eigenvalue weighted by Crippen LogP contribution is 2.24. The van der Waals surface area contributed by atoms with Gasteiger partial charge in [-0.05, 0) is 64.8 Å². The second kappa shape index (κ2) is 13.7. The van der Waals surface area contributed by atoms with E-state index < -0.39 is 35.3 Å². The van der Waals surface area contributed by atoms with E-state index in [0.29, 0.717) is 12.1 Å². The third-order valence-electron chi connectivity index (χ3n) is 5.22. The first kappa shape index (κ1) is 30.4. The molecular weight excluding hydrogens is 502 g/mol. The van der Waals surface area contributed by atoms with E-state index in [1.54, 1.807) is 26.8 Å². The summed E-state index contributed by atoms with van der Waals surface area (Å²) in [6, 6.07) is 6.84. The van der Waals surface area contributed by atoms with Crippen molar-refractivity contribution < 1.29 is 37.4 Å². The molecular formula is C26H34F2N4O6. The molecule has 1 aromatic heterocycles. The summed E-state index contributed by atoms with van der Waals surface area (Å²) in [7, 11) is 1.29. The van der Waals surface area contributed by atoms with Gasteiger partial charge in [0.15, 0.2) is 11.6 Å². The van der Waals surface area contributed by atoms with Crippen molar-refractivity contribution in [3.05, 3.63) is 53.9 Å². The molecule has 1 aliphatic rings. The van der Waals surface area contributed by atoms with Crippen LogP contribution < -0.4 is 20.7 Å². The number of hydrogen-bond acceptors (Lipinski definition) is 7. The topological polar surface area (TPSA) is 133 Å². The van der Waals surface area contributed by atoms with Crippen LogP contribution in [0.2, 0.25) is 0 Å². The van der Waals surface area contributed by atoms with E-state index in [1.165, 1.54) is 36.4 Å². The van der Waals surface area contributed by atoms with Crippen molar-refractivity contribution in [3.8, 4) is 5.75 Å². The first-order chi connectivity index (χ1) is 17.8. The van der Waals surface area contributed by atoms with Crippen molar-refractivity contribution in [2.45, 2.75) is 58.3 Å². The number of anilines is 1. The molecule has 2 unspecified atom stereocenters. The van der Waals surface area contributed by atoms with E-state index in [0.717, 1.165) is 12.5 Å². The number of rotatable bonds is 7. The maximum absolute atomic E-state index is 13.0. The molecule has 38 heavy (non-hydrogen) atoms. The molecule has 1 aliphatic heterocycles. The number of primary amides is 1. The van der Waals surface area contributed by atoms with Crippen LogP contribution in [-0.4, -0.2) is 60.9 Å². The van der Waals surface area contributed by atoms with Crippen molar-refractivity contribution in [3.63, 3.8) is 0 Å². The van der Waals surface area contributed by atoms with Crippen LogP contribution in [0.1, 0.15) is 51.0 Å². The molecule has 1 saturated heterocycles. The molecule has 0 bridgehead atoms. The Labute approximate surface area is 220 Å². The molecule has 0 spiro atoms. The standard InChI is InChI=1S/C19H28N4O5.C7H6F2O/c1-12-5-6-15(27-12)17(25)23(10-9-22-18(26)28-19(2,3)4)13-7-8-21-14(11-13)16(20)24;1-10-6-4-2-3-5(8)7(6)9/h7-8,11-12,15H,5-6,9-10H2,1-4H3,(H2,20,24)(H,22,26);2-4H,1H3. The normalized spacial score (nSPS) is 16.6. The molecule has 0 aliphatic carbocycles. The zero-order chi connectivity index (χ0) is 28.5. The summed E-state index contributed by atoms with van der Waals surface area (Å²) in [5.41, 5.74) is 5.19. The lowest BCUT2D eigenvalue weighted by molar-refractivity contribution is -0.129. The van der Waals surface area contributed by atoms with Gasteiger partial charge in [-0.1, -0.05) is 6.07 Å². The Bertz CT molecular complexity index is 1130. The van der Waals surface area contributed by atoms with Gasteiger partial charge in [0.25, 0.3) is 11.8 Å². The number of carbonyl (C=O) groups excluding carboxylic acids is 3. The van der Waals surface area contributed by atoms with Crippen LogP contribution in [0, 0.1) is 11.6 Å². The first-order valence-corrected chi connectivity index (χ1v) is 12.0. The highest BCUT2D eigenvalue weighted by Gasteiger charge is 2.32. The number of pyridine rings is 1. The lowest BCUT2D eigenvalue weighted by Crippen LogP contribution is -2.44. The molecule has 2 heterocycles. The van der Waals surface area contributed by atoms with Gasteiger partial charge in [-0.2, -0.15) is 4.39 Å². The van der Waals surface area contributed by atoms with E-state index in [4.69, 9.17) is 15.2 Å². The van der Waals surface area contributed by atoms with E-state index in [1.807, 2.05) is 6.92 Å². The highest BCUT2D eigenvalue weighted by molar-refractivity contribution is 5.98. The number of aromatic nitrogens is 1. The molecule has 12 heteroatoms. The SMILES string of the molecule is CC1CCC(C(=O)N(CCNC(=O)OC(C)(C)C)c2ccnc(C(N)=O)c2)O1.COc1cccc(F)c1F. The molecule has 2 aromatic rings. The fourth-order valence-electron chi connectivity index (χ4n) is 3.47. The van der Waals surface area contributed by atoms with Crippen molar-refractivity contribution in [2.24, 2.45) is 5.73 Å².